The molecule has 0 atom stereocenters. The van der Waals surface area contributed by atoms with Crippen LogP contribution in [0.15, 0.2) is 41.0 Å². The molecular weight excluding hydrogens is 349 g/mol. The van der Waals surface area contributed by atoms with Crippen molar-refractivity contribution in [3.8, 4) is 0 Å². The molecule has 0 bridgehead atoms. The zero-order valence-electron chi connectivity index (χ0n) is 10.8. The van der Waals surface area contributed by atoms with Gasteiger partial charge in [-0.25, -0.2) is 4.98 Å². The van der Waals surface area contributed by atoms with Gasteiger partial charge in [-0.05, 0) is 42.8 Å². The molecule has 0 aliphatic heterocycles. The third kappa shape index (κ3) is 3.81. The van der Waals surface area contributed by atoms with Crippen molar-refractivity contribution in [3.63, 3.8) is 0 Å². The summed E-state index contributed by atoms with van der Waals surface area (Å²) in [6, 6.07) is 6.66. The van der Waals surface area contributed by atoms with E-state index in [1.165, 1.54) is 0 Å². The van der Waals surface area contributed by atoms with Gasteiger partial charge >= 0.3 is 6.18 Å². The van der Waals surface area contributed by atoms with Gasteiger partial charge in [0.05, 0.1) is 5.56 Å². The molecule has 0 aliphatic rings. The quantitative estimate of drug-likeness (QED) is 0.862. The molecule has 0 spiro atoms. The number of anilines is 1. The molecule has 110 valence electrons. The van der Waals surface area contributed by atoms with E-state index in [4.69, 9.17) is 0 Å². The molecule has 1 amide bonds. The molecule has 0 unspecified atom stereocenters. The fourth-order valence-corrected chi connectivity index (χ4v) is 2.22. The Hall–Kier alpha value is -1.89. The predicted molar refractivity (Wildman–Crippen MR) is 76.1 cm³/mol. The van der Waals surface area contributed by atoms with Crippen LogP contribution in [0.25, 0.3) is 0 Å². The number of nitrogens with one attached hydrogen (secondary N) is 1. The van der Waals surface area contributed by atoms with Gasteiger partial charge in [0.25, 0.3) is 5.91 Å². The molecule has 0 saturated carbocycles. The van der Waals surface area contributed by atoms with Gasteiger partial charge in [0.1, 0.15) is 5.82 Å². The van der Waals surface area contributed by atoms with Crippen LogP contribution < -0.4 is 5.32 Å². The topological polar surface area (TPSA) is 42.0 Å². The number of hydrogen-bond acceptors (Lipinski definition) is 2. The fourth-order valence-electron chi connectivity index (χ4n) is 1.74. The molecule has 1 N–H and O–H groups in total. The molecule has 1 heterocycles. The average molecular weight is 359 g/mol. The lowest BCUT2D eigenvalue weighted by Gasteiger charge is -2.10. The maximum Gasteiger partial charge on any atom is 0.416 e. The van der Waals surface area contributed by atoms with Crippen LogP contribution in [0.1, 0.15) is 21.5 Å². The summed E-state index contributed by atoms with van der Waals surface area (Å²) in [6.07, 6.45) is -3.47. The number of amides is 1. The van der Waals surface area contributed by atoms with Gasteiger partial charge < -0.3 is 5.32 Å². The standard InChI is InChI=1S/C14H10BrF3N2O/c1-8-6-10(15)2-3-11(8)13(21)20-12-7-9(4-5-19-12)14(16,17)18/h2-7H,1H3,(H,19,20,21). The van der Waals surface area contributed by atoms with E-state index < -0.39 is 17.6 Å². The zero-order valence-corrected chi connectivity index (χ0v) is 12.4. The second kappa shape index (κ2) is 5.85. The van der Waals surface area contributed by atoms with E-state index in [9.17, 15) is 18.0 Å². The Morgan fingerprint density at radius 2 is 1.95 bits per heavy atom. The third-order valence-corrected chi connectivity index (χ3v) is 3.26. The summed E-state index contributed by atoms with van der Waals surface area (Å²) in [5.74, 6) is -0.649. The van der Waals surface area contributed by atoms with Crippen molar-refractivity contribution in [2.24, 2.45) is 0 Å². The number of carbonyl (C=O) groups excluding carboxylic acids is 1. The highest BCUT2D eigenvalue weighted by Gasteiger charge is 2.30. The van der Waals surface area contributed by atoms with Gasteiger partial charge in [0.15, 0.2) is 0 Å². The highest BCUT2D eigenvalue weighted by Crippen LogP contribution is 2.30. The first-order chi connectivity index (χ1) is 9.77. The molecule has 3 nitrogen and oxygen atoms in total. The summed E-state index contributed by atoms with van der Waals surface area (Å²) >= 11 is 3.27. The Kier molecular flexibility index (Phi) is 4.32. The summed E-state index contributed by atoms with van der Waals surface area (Å²) in [5, 5.41) is 2.37. The van der Waals surface area contributed by atoms with Crippen molar-refractivity contribution in [2.75, 3.05) is 5.32 Å². The van der Waals surface area contributed by atoms with Gasteiger partial charge in [-0.15, -0.1) is 0 Å². The first-order valence-corrected chi connectivity index (χ1v) is 6.67. The molecular formula is C14H10BrF3N2O. The number of rotatable bonds is 2. The molecule has 0 radical (unpaired) electrons. The van der Waals surface area contributed by atoms with Crippen molar-refractivity contribution in [2.45, 2.75) is 13.1 Å². The van der Waals surface area contributed by atoms with Crippen LogP contribution in [0.4, 0.5) is 19.0 Å². The molecule has 1 aromatic carbocycles. The van der Waals surface area contributed by atoms with E-state index >= 15 is 0 Å². The minimum atomic E-state index is -4.48. The minimum absolute atomic E-state index is 0.142. The van der Waals surface area contributed by atoms with Crippen LogP contribution >= 0.6 is 15.9 Å². The molecule has 2 aromatic rings. The maximum absolute atomic E-state index is 12.6. The van der Waals surface area contributed by atoms with Crippen LogP contribution in [0.5, 0.6) is 0 Å². The Labute approximate surface area is 127 Å². The first-order valence-electron chi connectivity index (χ1n) is 5.88. The molecule has 2 rings (SSSR count). The average Bonchev–Trinajstić information content (AvgIpc) is 2.37. The summed E-state index contributed by atoms with van der Waals surface area (Å²) in [7, 11) is 0. The summed E-state index contributed by atoms with van der Waals surface area (Å²) in [6.45, 7) is 1.74. The molecule has 7 heteroatoms. The Morgan fingerprint density at radius 3 is 2.57 bits per heavy atom. The number of nitrogens with zero attached hydrogens (tertiary/aromatic N) is 1. The molecule has 21 heavy (non-hydrogen) atoms. The zero-order chi connectivity index (χ0) is 15.6. The molecule has 0 aliphatic carbocycles. The van der Waals surface area contributed by atoms with Crippen molar-refractivity contribution < 1.29 is 18.0 Å². The van der Waals surface area contributed by atoms with Gasteiger partial charge in [0.2, 0.25) is 0 Å². The number of aryl methyl sites for hydroxylation is 1. The highest BCUT2D eigenvalue weighted by atomic mass is 79.9. The molecule has 0 fully saturated rings. The number of halogens is 4. The van der Waals surface area contributed by atoms with E-state index in [0.29, 0.717) is 11.1 Å². The number of aromatic nitrogens is 1. The van der Waals surface area contributed by atoms with Crippen molar-refractivity contribution in [3.05, 3.63) is 57.7 Å². The largest absolute Gasteiger partial charge is 0.416 e. The van der Waals surface area contributed by atoms with Crippen molar-refractivity contribution in [1.82, 2.24) is 4.98 Å². The van der Waals surface area contributed by atoms with Crippen molar-refractivity contribution in [1.29, 1.82) is 0 Å². The fraction of sp³-hybridized carbons (Fsp3) is 0.143. The Bertz CT molecular complexity index is 686. The van der Waals surface area contributed by atoms with Gasteiger partial charge in [0, 0.05) is 16.2 Å². The van der Waals surface area contributed by atoms with Crippen LogP contribution in [0, 0.1) is 6.92 Å². The van der Waals surface area contributed by atoms with Gasteiger partial charge in [-0.1, -0.05) is 15.9 Å². The van der Waals surface area contributed by atoms with Crippen LogP contribution in [0.2, 0.25) is 0 Å². The smallest absolute Gasteiger partial charge is 0.307 e. The first kappa shape index (κ1) is 15.5. The van der Waals surface area contributed by atoms with Crippen LogP contribution in [0.3, 0.4) is 0 Å². The second-order valence-electron chi connectivity index (χ2n) is 4.34. The summed E-state index contributed by atoms with van der Waals surface area (Å²) in [5.41, 5.74) is 0.214. The lowest BCUT2D eigenvalue weighted by molar-refractivity contribution is -0.137. The van der Waals surface area contributed by atoms with E-state index in [2.05, 4.69) is 26.2 Å². The second-order valence-corrected chi connectivity index (χ2v) is 5.26. The predicted octanol–water partition coefficient (Wildman–Crippen LogP) is 4.42. The van der Waals surface area contributed by atoms with E-state index in [-0.39, 0.29) is 5.82 Å². The van der Waals surface area contributed by atoms with Crippen molar-refractivity contribution >= 4 is 27.7 Å². The highest BCUT2D eigenvalue weighted by molar-refractivity contribution is 9.10. The Balaban J connectivity index is 2.24. The number of hydrogen-bond donors (Lipinski definition) is 1. The number of carbonyl (C=O) groups is 1. The maximum atomic E-state index is 12.6. The minimum Gasteiger partial charge on any atom is -0.307 e. The number of alkyl halides is 3. The van der Waals surface area contributed by atoms with E-state index in [1.54, 1.807) is 25.1 Å². The van der Waals surface area contributed by atoms with Crippen LogP contribution in [-0.4, -0.2) is 10.9 Å². The number of benzene rings is 1. The summed E-state index contributed by atoms with van der Waals surface area (Å²) < 4.78 is 38.6. The normalized spacial score (nSPS) is 11.3. The third-order valence-electron chi connectivity index (χ3n) is 2.76. The lowest BCUT2D eigenvalue weighted by atomic mass is 10.1. The lowest BCUT2D eigenvalue weighted by Crippen LogP contribution is -2.15. The van der Waals surface area contributed by atoms with Gasteiger partial charge in [-0.2, -0.15) is 13.2 Å². The van der Waals surface area contributed by atoms with E-state index in [1.807, 2.05) is 0 Å². The molecule has 0 saturated heterocycles. The van der Waals surface area contributed by atoms with E-state index in [0.717, 1.165) is 22.8 Å². The molecule has 1 aromatic heterocycles. The monoisotopic (exact) mass is 358 g/mol. The number of pyridine rings is 1. The SMILES string of the molecule is Cc1cc(Br)ccc1C(=O)Nc1cc(C(F)(F)F)ccn1. The Morgan fingerprint density at radius 1 is 1.24 bits per heavy atom. The summed E-state index contributed by atoms with van der Waals surface area (Å²) in [4.78, 5) is 15.8. The van der Waals surface area contributed by atoms with Gasteiger partial charge in [-0.3, -0.25) is 4.79 Å². The van der Waals surface area contributed by atoms with Crippen LogP contribution in [-0.2, 0) is 6.18 Å².